The highest BCUT2D eigenvalue weighted by Crippen LogP contribution is 2.65. The van der Waals surface area contributed by atoms with Crippen LogP contribution in [0.3, 0.4) is 0 Å². The zero-order valence-electron chi connectivity index (χ0n) is 15.3. The van der Waals surface area contributed by atoms with Gasteiger partial charge in [-0.2, -0.15) is 0 Å². The Morgan fingerprint density at radius 1 is 0.913 bits per heavy atom. The third-order valence-corrected chi connectivity index (χ3v) is 6.80. The van der Waals surface area contributed by atoms with Crippen molar-refractivity contribution in [3.05, 3.63) is 0 Å². The average molecular weight is 350 g/mol. The molecule has 0 aliphatic carbocycles. The van der Waals surface area contributed by atoms with Crippen LogP contribution in [0.2, 0.25) is 0 Å². The largest absolute Gasteiger partial charge is 0.481 e. The van der Waals surface area contributed by atoms with Gasteiger partial charge >= 0.3 is 13.6 Å². The zero-order valence-corrected chi connectivity index (χ0v) is 16.2. The fourth-order valence-electron chi connectivity index (χ4n) is 2.70. The fourth-order valence-corrected chi connectivity index (χ4v) is 5.36. The van der Waals surface area contributed by atoms with E-state index < -0.39 is 18.7 Å². The molecule has 0 saturated heterocycles. The second-order valence-electron chi connectivity index (χ2n) is 6.17. The lowest BCUT2D eigenvalue weighted by atomic mass is 9.91. The number of hydrogen-bond donors (Lipinski definition) is 1. The molecule has 0 atom stereocenters. The first-order valence-corrected chi connectivity index (χ1v) is 10.6. The molecule has 0 bridgehead atoms. The summed E-state index contributed by atoms with van der Waals surface area (Å²) in [6.07, 6.45) is 5.94. The lowest BCUT2D eigenvalue weighted by molar-refractivity contribution is -0.138. The standard InChI is InChI=1S/C17H35O5P/c1-5-9-11-17(12-10-6-2,15-16(18)19)23(20,21-13-7-3)22-14-8-4/h5-15H2,1-4H3,(H,18,19). The van der Waals surface area contributed by atoms with E-state index in [1.165, 1.54) is 0 Å². The van der Waals surface area contributed by atoms with Gasteiger partial charge in [0.15, 0.2) is 0 Å². The molecule has 0 radical (unpaired) electrons. The second-order valence-corrected chi connectivity index (χ2v) is 8.63. The Morgan fingerprint density at radius 3 is 1.65 bits per heavy atom. The van der Waals surface area contributed by atoms with Gasteiger partial charge in [-0.25, -0.2) is 0 Å². The van der Waals surface area contributed by atoms with Crippen LogP contribution in [0, 0.1) is 0 Å². The van der Waals surface area contributed by atoms with E-state index in [-0.39, 0.29) is 6.42 Å². The molecule has 0 aromatic carbocycles. The van der Waals surface area contributed by atoms with Gasteiger partial charge in [0.1, 0.15) is 0 Å². The maximum atomic E-state index is 13.6. The van der Waals surface area contributed by atoms with Crippen molar-refractivity contribution in [2.75, 3.05) is 13.2 Å². The van der Waals surface area contributed by atoms with Gasteiger partial charge in [0, 0.05) is 0 Å². The number of aliphatic carboxylic acids is 1. The van der Waals surface area contributed by atoms with Crippen LogP contribution >= 0.6 is 7.60 Å². The normalized spacial score (nSPS) is 12.5. The summed E-state index contributed by atoms with van der Waals surface area (Å²) in [6, 6.07) is 0. The minimum atomic E-state index is -3.49. The minimum absolute atomic E-state index is 0.155. The molecule has 0 amide bonds. The summed E-state index contributed by atoms with van der Waals surface area (Å²) in [5.74, 6) is -0.933. The molecule has 0 rings (SSSR count). The Kier molecular flexibility index (Phi) is 11.9. The predicted molar refractivity (Wildman–Crippen MR) is 94.1 cm³/mol. The Balaban J connectivity index is 5.69. The predicted octanol–water partition coefficient (Wildman–Crippen LogP) is 5.63. The van der Waals surface area contributed by atoms with Crippen molar-refractivity contribution < 1.29 is 23.5 Å². The van der Waals surface area contributed by atoms with Crippen molar-refractivity contribution in [3.8, 4) is 0 Å². The van der Waals surface area contributed by atoms with E-state index in [9.17, 15) is 14.5 Å². The van der Waals surface area contributed by atoms with Crippen LogP contribution < -0.4 is 0 Å². The molecule has 0 aliphatic rings. The van der Waals surface area contributed by atoms with Crippen LogP contribution in [0.4, 0.5) is 0 Å². The summed E-state index contributed by atoms with van der Waals surface area (Å²) in [6.45, 7) is 8.66. The molecule has 0 fully saturated rings. The van der Waals surface area contributed by atoms with Crippen LogP contribution in [-0.4, -0.2) is 29.4 Å². The van der Waals surface area contributed by atoms with Gasteiger partial charge in [-0.05, 0) is 25.7 Å². The Labute approximate surface area is 141 Å². The SMILES string of the molecule is CCCCC(CCCC)(CC(=O)O)P(=O)(OCCC)OCCC. The van der Waals surface area contributed by atoms with Gasteiger partial charge < -0.3 is 14.2 Å². The van der Waals surface area contributed by atoms with Crippen molar-refractivity contribution in [2.45, 2.75) is 90.6 Å². The summed E-state index contributed by atoms with van der Waals surface area (Å²) in [5, 5.41) is 8.52. The summed E-state index contributed by atoms with van der Waals surface area (Å²) >= 11 is 0. The summed E-state index contributed by atoms with van der Waals surface area (Å²) in [4.78, 5) is 11.5. The third-order valence-electron chi connectivity index (χ3n) is 3.98. The summed E-state index contributed by atoms with van der Waals surface area (Å²) in [7, 11) is -3.49. The molecule has 5 nitrogen and oxygen atoms in total. The number of carboxylic acid groups (broad SMARTS) is 1. The molecule has 6 heteroatoms. The first kappa shape index (κ1) is 22.6. The van der Waals surface area contributed by atoms with E-state index in [0.717, 1.165) is 38.5 Å². The molecular weight excluding hydrogens is 315 g/mol. The van der Waals surface area contributed by atoms with Crippen LogP contribution in [0.5, 0.6) is 0 Å². The molecule has 138 valence electrons. The van der Waals surface area contributed by atoms with E-state index in [0.29, 0.717) is 26.1 Å². The van der Waals surface area contributed by atoms with Gasteiger partial charge in [-0.3, -0.25) is 9.36 Å². The molecule has 23 heavy (non-hydrogen) atoms. The van der Waals surface area contributed by atoms with Gasteiger partial charge in [-0.1, -0.05) is 53.4 Å². The maximum Gasteiger partial charge on any atom is 0.337 e. The highest BCUT2D eigenvalue weighted by Gasteiger charge is 2.51. The fraction of sp³-hybridized carbons (Fsp3) is 0.941. The average Bonchev–Trinajstić information content (AvgIpc) is 2.53. The second kappa shape index (κ2) is 12.0. The van der Waals surface area contributed by atoms with Crippen molar-refractivity contribution >= 4 is 13.6 Å². The van der Waals surface area contributed by atoms with E-state index in [1.54, 1.807) is 0 Å². The number of carboxylic acids is 1. The van der Waals surface area contributed by atoms with Crippen LogP contribution in [-0.2, 0) is 18.4 Å². The molecule has 0 unspecified atom stereocenters. The van der Waals surface area contributed by atoms with Crippen molar-refractivity contribution in [1.82, 2.24) is 0 Å². The van der Waals surface area contributed by atoms with E-state index in [2.05, 4.69) is 13.8 Å². The highest BCUT2D eigenvalue weighted by molar-refractivity contribution is 7.55. The van der Waals surface area contributed by atoms with E-state index in [1.807, 2.05) is 13.8 Å². The third kappa shape index (κ3) is 7.36. The number of rotatable bonds is 15. The summed E-state index contributed by atoms with van der Waals surface area (Å²) in [5.41, 5.74) is 0. The van der Waals surface area contributed by atoms with Crippen LogP contribution in [0.1, 0.15) is 85.5 Å². The maximum absolute atomic E-state index is 13.6. The zero-order chi connectivity index (χ0) is 17.8. The topological polar surface area (TPSA) is 72.8 Å². The van der Waals surface area contributed by atoms with Crippen LogP contribution in [0.15, 0.2) is 0 Å². The lowest BCUT2D eigenvalue weighted by Gasteiger charge is -2.38. The minimum Gasteiger partial charge on any atom is -0.481 e. The van der Waals surface area contributed by atoms with Gasteiger partial charge in [0.05, 0.1) is 24.8 Å². The van der Waals surface area contributed by atoms with Gasteiger partial charge in [0.25, 0.3) is 0 Å². The van der Waals surface area contributed by atoms with Gasteiger partial charge in [-0.15, -0.1) is 0 Å². The van der Waals surface area contributed by atoms with E-state index >= 15 is 0 Å². The quantitative estimate of drug-likeness (QED) is 0.388. The monoisotopic (exact) mass is 350 g/mol. The highest BCUT2D eigenvalue weighted by atomic mass is 31.2. The molecule has 0 spiro atoms. The Morgan fingerprint density at radius 2 is 1.35 bits per heavy atom. The molecule has 0 saturated carbocycles. The van der Waals surface area contributed by atoms with Crippen molar-refractivity contribution in [1.29, 1.82) is 0 Å². The first-order valence-electron chi connectivity index (χ1n) is 9.02. The number of hydrogen-bond acceptors (Lipinski definition) is 4. The number of unbranched alkanes of at least 4 members (excludes halogenated alkanes) is 2. The van der Waals surface area contributed by atoms with Crippen molar-refractivity contribution in [3.63, 3.8) is 0 Å². The molecular formula is C17H35O5P. The Hall–Kier alpha value is -0.380. The number of carbonyl (C=O) groups is 1. The smallest absolute Gasteiger partial charge is 0.337 e. The lowest BCUT2D eigenvalue weighted by Crippen LogP contribution is -2.34. The van der Waals surface area contributed by atoms with Gasteiger partial charge in [0.2, 0.25) is 0 Å². The Bertz CT molecular complexity index is 350. The summed E-state index contributed by atoms with van der Waals surface area (Å²) < 4.78 is 25.0. The van der Waals surface area contributed by atoms with Crippen molar-refractivity contribution in [2.24, 2.45) is 0 Å². The molecule has 1 N–H and O–H groups in total. The molecule has 0 aromatic heterocycles. The first-order chi connectivity index (χ1) is 10.9. The molecule has 0 heterocycles. The molecule has 0 aliphatic heterocycles. The van der Waals surface area contributed by atoms with E-state index in [4.69, 9.17) is 9.05 Å². The molecule has 0 aromatic rings. The van der Waals surface area contributed by atoms with Crippen LogP contribution in [0.25, 0.3) is 0 Å².